The summed E-state index contributed by atoms with van der Waals surface area (Å²) in [5.41, 5.74) is -0.265. The highest BCUT2D eigenvalue weighted by Gasteiger charge is 2.22. The van der Waals surface area contributed by atoms with E-state index >= 15 is 0 Å². The molecule has 2 N–H and O–H groups in total. The Morgan fingerprint density at radius 2 is 2.14 bits per heavy atom. The predicted molar refractivity (Wildman–Crippen MR) is 73.4 cm³/mol. The van der Waals surface area contributed by atoms with Crippen molar-refractivity contribution >= 4 is 17.6 Å². The molecule has 8 heteroatoms. The maximum Gasteiger partial charge on any atom is 0.311 e. The molecule has 114 valence electrons. The van der Waals surface area contributed by atoms with Crippen molar-refractivity contribution in [3.05, 3.63) is 33.9 Å². The predicted octanol–water partition coefficient (Wildman–Crippen LogP) is 1.44. The molecule has 0 aliphatic carbocycles. The number of hydrogen-bond donors (Lipinski definition) is 2. The van der Waals surface area contributed by atoms with Crippen LogP contribution in [0.1, 0.15) is 23.7 Å². The van der Waals surface area contributed by atoms with Crippen LogP contribution in [0.5, 0.6) is 5.75 Å². The number of nitrogens with zero attached hydrogens (tertiary/aromatic N) is 1. The zero-order valence-electron chi connectivity index (χ0n) is 11.7. The highest BCUT2D eigenvalue weighted by atomic mass is 16.6. The van der Waals surface area contributed by atoms with Crippen molar-refractivity contribution in [3.8, 4) is 5.75 Å². The molecule has 1 rings (SSSR count). The summed E-state index contributed by atoms with van der Waals surface area (Å²) in [5.74, 6) is -2.20. The van der Waals surface area contributed by atoms with E-state index in [-0.39, 0.29) is 30.0 Å². The van der Waals surface area contributed by atoms with Crippen LogP contribution in [0.4, 0.5) is 5.69 Å². The molecule has 1 unspecified atom stereocenters. The molecule has 0 saturated heterocycles. The Hall–Kier alpha value is -2.64. The van der Waals surface area contributed by atoms with E-state index in [2.05, 4.69) is 5.32 Å². The number of carboxylic acid groups (broad SMARTS) is 1. The van der Waals surface area contributed by atoms with E-state index in [1.165, 1.54) is 32.2 Å². The first-order valence-corrected chi connectivity index (χ1v) is 6.20. The fraction of sp³-hybridized carbons (Fsp3) is 0.385. The van der Waals surface area contributed by atoms with Gasteiger partial charge >= 0.3 is 11.7 Å². The molecule has 8 nitrogen and oxygen atoms in total. The maximum absolute atomic E-state index is 12.0. The van der Waals surface area contributed by atoms with E-state index in [9.17, 15) is 19.7 Å². The van der Waals surface area contributed by atoms with Crippen molar-refractivity contribution < 1.29 is 24.4 Å². The van der Waals surface area contributed by atoms with E-state index in [0.717, 1.165) is 0 Å². The third-order valence-electron chi connectivity index (χ3n) is 2.92. The average molecular weight is 296 g/mol. The number of methoxy groups -OCH3 is 1. The third-order valence-corrected chi connectivity index (χ3v) is 2.92. The number of carboxylic acids is 1. The quantitative estimate of drug-likeness (QED) is 0.580. The van der Waals surface area contributed by atoms with Gasteiger partial charge in [-0.15, -0.1) is 0 Å². The second kappa shape index (κ2) is 7.22. The Kier molecular flexibility index (Phi) is 5.65. The molecule has 1 atom stereocenters. The van der Waals surface area contributed by atoms with E-state index in [4.69, 9.17) is 9.84 Å². The van der Waals surface area contributed by atoms with Crippen LogP contribution in [0.15, 0.2) is 18.2 Å². The molecule has 0 aromatic heterocycles. The van der Waals surface area contributed by atoms with E-state index in [1.807, 2.05) is 0 Å². The van der Waals surface area contributed by atoms with Gasteiger partial charge in [0.2, 0.25) is 5.75 Å². The van der Waals surface area contributed by atoms with Crippen LogP contribution in [0, 0.1) is 16.0 Å². The minimum atomic E-state index is -0.947. The number of benzene rings is 1. The molecule has 0 aliphatic rings. The number of nitro groups is 1. The van der Waals surface area contributed by atoms with Crippen LogP contribution in [0.25, 0.3) is 0 Å². The number of rotatable bonds is 7. The molecule has 1 amide bonds. The van der Waals surface area contributed by atoms with Crippen LogP contribution >= 0.6 is 0 Å². The Morgan fingerprint density at radius 1 is 1.48 bits per heavy atom. The number of aliphatic carboxylic acids is 1. The second-order valence-corrected chi connectivity index (χ2v) is 4.40. The maximum atomic E-state index is 12.0. The SMILES string of the molecule is COc1c(C(=O)NCCC(C)C(=O)O)cccc1[N+](=O)[O-]. The molecule has 1 aromatic rings. The topological polar surface area (TPSA) is 119 Å². The Morgan fingerprint density at radius 3 is 2.67 bits per heavy atom. The zero-order chi connectivity index (χ0) is 16.0. The van der Waals surface area contributed by atoms with Gasteiger partial charge in [0.15, 0.2) is 0 Å². The van der Waals surface area contributed by atoms with Crippen molar-refractivity contribution in [2.24, 2.45) is 5.92 Å². The number of carbonyl (C=O) groups excluding carboxylic acids is 1. The van der Waals surface area contributed by atoms with Gasteiger partial charge in [0.1, 0.15) is 0 Å². The lowest BCUT2D eigenvalue weighted by Crippen LogP contribution is -2.27. The van der Waals surface area contributed by atoms with E-state index < -0.39 is 22.7 Å². The molecular weight excluding hydrogens is 280 g/mol. The molecule has 1 aromatic carbocycles. The largest absolute Gasteiger partial charge is 0.490 e. The normalized spacial score (nSPS) is 11.5. The van der Waals surface area contributed by atoms with Crippen molar-refractivity contribution in [2.75, 3.05) is 13.7 Å². The summed E-state index contributed by atoms with van der Waals surface area (Å²) in [7, 11) is 1.24. The number of nitro benzene ring substituents is 1. The summed E-state index contributed by atoms with van der Waals surface area (Å²) in [5, 5.41) is 22.1. The molecule has 0 saturated carbocycles. The lowest BCUT2D eigenvalue weighted by molar-refractivity contribution is -0.385. The number of carbonyl (C=O) groups is 2. The Bertz CT molecular complexity index is 558. The van der Waals surface area contributed by atoms with Crippen LogP contribution in [0.2, 0.25) is 0 Å². The fourth-order valence-electron chi connectivity index (χ4n) is 1.68. The van der Waals surface area contributed by atoms with Gasteiger partial charge in [-0.2, -0.15) is 0 Å². The van der Waals surface area contributed by atoms with Gasteiger partial charge in [-0.25, -0.2) is 0 Å². The average Bonchev–Trinajstić information content (AvgIpc) is 2.45. The first kappa shape index (κ1) is 16.4. The highest BCUT2D eigenvalue weighted by Crippen LogP contribution is 2.30. The van der Waals surface area contributed by atoms with Crippen LogP contribution < -0.4 is 10.1 Å². The molecule has 0 bridgehead atoms. The summed E-state index contributed by atoms with van der Waals surface area (Å²) < 4.78 is 4.93. The van der Waals surface area contributed by atoms with Crippen LogP contribution in [-0.4, -0.2) is 35.6 Å². The van der Waals surface area contributed by atoms with Crippen LogP contribution in [0.3, 0.4) is 0 Å². The van der Waals surface area contributed by atoms with Crippen molar-refractivity contribution in [1.82, 2.24) is 5.32 Å². The number of amides is 1. The zero-order valence-corrected chi connectivity index (χ0v) is 11.7. The summed E-state index contributed by atoms with van der Waals surface area (Å²) in [6.07, 6.45) is 0.262. The summed E-state index contributed by atoms with van der Waals surface area (Å²) in [6.45, 7) is 1.68. The molecular formula is C13H16N2O6. The number of nitrogens with one attached hydrogen (secondary N) is 1. The molecule has 0 aliphatic heterocycles. The smallest absolute Gasteiger partial charge is 0.311 e. The molecule has 0 fully saturated rings. The Balaban J connectivity index is 2.81. The number of hydrogen-bond acceptors (Lipinski definition) is 5. The van der Waals surface area contributed by atoms with E-state index in [0.29, 0.717) is 0 Å². The van der Waals surface area contributed by atoms with Gasteiger partial charge in [-0.3, -0.25) is 19.7 Å². The summed E-state index contributed by atoms with van der Waals surface area (Å²) >= 11 is 0. The lowest BCUT2D eigenvalue weighted by Gasteiger charge is -2.10. The number of para-hydroxylation sites is 1. The van der Waals surface area contributed by atoms with Crippen molar-refractivity contribution in [1.29, 1.82) is 0 Å². The summed E-state index contributed by atoms with van der Waals surface area (Å²) in [4.78, 5) is 32.9. The van der Waals surface area contributed by atoms with Gasteiger partial charge < -0.3 is 15.2 Å². The van der Waals surface area contributed by atoms with Crippen molar-refractivity contribution in [3.63, 3.8) is 0 Å². The first-order chi connectivity index (χ1) is 9.88. The molecule has 21 heavy (non-hydrogen) atoms. The van der Waals surface area contributed by atoms with Gasteiger partial charge in [0.05, 0.1) is 23.5 Å². The van der Waals surface area contributed by atoms with Crippen LogP contribution in [-0.2, 0) is 4.79 Å². The van der Waals surface area contributed by atoms with Gasteiger partial charge in [-0.1, -0.05) is 13.0 Å². The van der Waals surface area contributed by atoms with Crippen molar-refractivity contribution in [2.45, 2.75) is 13.3 Å². The minimum Gasteiger partial charge on any atom is -0.490 e. The first-order valence-electron chi connectivity index (χ1n) is 6.20. The molecule has 0 radical (unpaired) electrons. The lowest BCUT2D eigenvalue weighted by atomic mass is 10.1. The minimum absolute atomic E-state index is 0.0367. The second-order valence-electron chi connectivity index (χ2n) is 4.40. The highest BCUT2D eigenvalue weighted by molar-refractivity contribution is 5.98. The van der Waals surface area contributed by atoms with Gasteiger partial charge in [0, 0.05) is 12.6 Å². The van der Waals surface area contributed by atoms with E-state index in [1.54, 1.807) is 0 Å². The fourth-order valence-corrected chi connectivity index (χ4v) is 1.68. The third kappa shape index (κ3) is 4.16. The summed E-state index contributed by atoms with van der Waals surface area (Å²) in [6, 6.07) is 4.03. The standard InChI is InChI=1S/C13H16N2O6/c1-8(13(17)18)6-7-14-12(16)9-4-3-5-10(15(19)20)11(9)21-2/h3-5,8H,6-7H2,1-2H3,(H,14,16)(H,17,18). The van der Waals surface area contributed by atoms with Gasteiger partial charge in [0.25, 0.3) is 5.91 Å². The Labute approximate surface area is 120 Å². The number of ether oxygens (including phenoxy) is 1. The molecule has 0 heterocycles. The monoisotopic (exact) mass is 296 g/mol. The van der Waals surface area contributed by atoms with Gasteiger partial charge in [-0.05, 0) is 12.5 Å². The molecule has 0 spiro atoms.